The van der Waals surface area contributed by atoms with E-state index in [0.29, 0.717) is 11.8 Å². The van der Waals surface area contributed by atoms with E-state index in [4.69, 9.17) is 16.3 Å². The van der Waals surface area contributed by atoms with Crippen LogP contribution in [0.25, 0.3) is 0 Å². The highest BCUT2D eigenvalue weighted by atomic mass is 35.5. The maximum Gasteiger partial charge on any atom is 0.234 e. The van der Waals surface area contributed by atoms with Crippen LogP contribution in [0.3, 0.4) is 0 Å². The summed E-state index contributed by atoms with van der Waals surface area (Å²) in [7, 11) is 0. The van der Waals surface area contributed by atoms with Crippen molar-refractivity contribution in [3.05, 3.63) is 12.4 Å². The fraction of sp³-hybridized carbons (Fsp3) is 0.636. The van der Waals surface area contributed by atoms with E-state index < -0.39 is 0 Å². The van der Waals surface area contributed by atoms with E-state index in [0.717, 1.165) is 18.9 Å². The number of nitrogens with zero attached hydrogens (tertiary/aromatic N) is 3. The number of anilines is 1. The predicted molar refractivity (Wildman–Crippen MR) is 66.4 cm³/mol. The van der Waals surface area contributed by atoms with Crippen molar-refractivity contribution in [3.63, 3.8) is 0 Å². The Bertz CT molecular complexity index is 320. The molecule has 0 fully saturated rings. The minimum atomic E-state index is 0.104. The Morgan fingerprint density at radius 1 is 1.44 bits per heavy atom. The van der Waals surface area contributed by atoms with Gasteiger partial charge in [-0.1, -0.05) is 0 Å². The smallest absolute Gasteiger partial charge is 0.234 e. The van der Waals surface area contributed by atoms with Gasteiger partial charge in [-0.3, -0.25) is 4.98 Å². The molecule has 1 aromatic rings. The molecule has 0 atom stereocenters. The van der Waals surface area contributed by atoms with Crippen LogP contribution in [-0.4, -0.2) is 35.0 Å². The van der Waals surface area contributed by atoms with E-state index in [9.17, 15) is 0 Å². The highest BCUT2D eigenvalue weighted by molar-refractivity contribution is 6.18. The molecular formula is C11H18ClN3O. The lowest BCUT2D eigenvalue weighted by Gasteiger charge is -2.20. The van der Waals surface area contributed by atoms with Gasteiger partial charge < -0.3 is 9.64 Å². The van der Waals surface area contributed by atoms with Crippen LogP contribution in [0.15, 0.2) is 12.4 Å². The molecule has 0 saturated carbocycles. The van der Waals surface area contributed by atoms with Crippen LogP contribution in [0.5, 0.6) is 5.88 Å². The molecule has 1 rings (SSSR count). The molecule has 16 heavy (non-hydrogen) atoms. The van der Waals surface area contributed by atoms with Crippen molar-refractivity contribution in [2.24, 2.45) is 0 Å². The van der Waals surface area contributed by atoms with E-state index in [1.54, 1.807) is 12.4 Å². The zero-order valence-corrected chi connectivity index (χ0v) is 10.7. The van der Waals surface area contributed by atoms with Crippen molar-refractivity contribution in [1.29, 1.82) is 0 Å². The van der Waals surface area contributed by atoms with Gasteiger partial charge in [0.25, 0.3) is 0 Å². The summed E-state index contributed by atoms with van der Waals surface area (Å²) in [6, 6.07) is 0. The number of aromatic nitrogens is 2. The lowest BCUT2D eigenvalue weighted by atomic mass is 10.4. The Kier molecular flexibility index (Phi) is 5.32. The van der Waals surface area contributed by atoms with Crippen molar-refractivity contribution >= 4 is 17.4 Å². The molecule has 0 aliphatic carbocycles. The third kappa shape index (κ3) is 3.85. The van der Waals surface area contributed by atoms with Gasteiger partial charge in [0.1, 0.15) is 0 Å². The minimum Gasteiger partial charge on any atom is -0.474 e. The zero-order valence-electron chi connectivity index (χ0n) is 9.98. The van der Waals surface area contributed by atoms with Crippen LogP contribution >= 0.6 is 11.6 Å². The molecular weight excluding hydrogens is 226 g/mol. The fourth-order valence-electron chi connectivity index (χ4n) is 1.33. The first kappa shape index (κ1) is 13.0. The molecule has 90 valence electrons. The molecule has 1 aromatic heterocycles. The van der Waals surface area contributed by atoms with Gasteiger partial charge in [0.15, 0.2) is 5.82 Å². The van der Waals surface area contributed by atoms with Crippen molar-refractivity contribution in [1.82, 2.24) is 9.97 Å². The van der Waals surface area contributed by atoms with Crippen LogP contribution in [0, 0.1) is 0 Å². The third-order valence-corrected chi connectivity index (χ3v) is 2.19. The van der Waals surface area contributed by atoms with Crippen LogP contribution in [0.4, 0.5) is 5.82 Å². The molecule has 0 aromatic carbocycles. The summed E-state index contributed by atoms with van der Waals surface area (Å²) in [5.41, 5.74) is 0. The quantitative estimate of drug-likeness (QED) is 0.719. The van der Waals surface area contributed by atoms with Gasteiger partial charge in [-0.2, -0.15) is 4.98 Å². The first-order chi connectivity index (χ1) is 7.67. The van der Waals surface area contributed by atoms with Crippen LogP contribution in [0.2, 0.25) is 0 Å². The van der Waals surface area contributed by atoms with E-state index in [2.05, 4.69) is 21.8 Å². The first-order valence-corrected chi connectivity index (χ1v) is 6.00. The largest absolute Gasteiger partial charge is 0.474 e. The molecule has 0 saturated heterocycles. The number of hydrogen-bond acceptors (Lipinski definition) is 4. The number of rotatable bonds is 6. The second kappa shape index (κ2) is 6.53. The summed E-state index contributed by atoms with van der Waals surface area (Å²) < 4.78 is 5.49. The molecule has 0 aliphatic rings. The summed E-state index contributed by atoms with van der Waals surface area (Å²) >= 11 is 5.73. The molecule has 0 radical (unpaired) electrons. The molecule has 0 amide bonds. The van der Waals surface area contributed by atoms with Crippen molar-refractivity contribution in [3.8, 4) is 5.88 Å². The normalized spacial score (nSPS) is 10.6. The Hall–Kier alpha value is -1.03. The molecule has 0 aliphatic heterocycles. The topological polar surface area (TPSA) is 38.2 Å². The molecule has 1 heterocycles. The Labute approximate surface area is 102 Å². The molecule has 0 unspecified atom stereocenters. The highest BCUT2D eigenvalue weighted by Crippen LogP contribution is 2.14. The summed E-state index contributed by atoms with van der Waals surface area (Å²) in [5, 5.41) is 0. The predicted octanol–water partition coefficient (Wildman–Crippen LogP) is 2.33. The van der Waals surface area contributed by atoms with E-state index in [1.807, 2.05) is 13.8 Å². The summed E-state index contributed by atoms with van der Waals surface area (Å²) in [5.74, 6) is 1.94. The number of hydrogen-bond donors (Lipinski definition) is 0. The average Bonchev–Trinajstić information content (AvgIpc) is 2.25. The van der Waals surface area contributed by atoms with Crippen LogP contribution in [-0.2, 0) is 0 Å². The van der Waals surface area contributed by atoms with Crippen molar-refractivity contribution < 1.29 is 4.74 Å². The van der Waals surface area contributed by atoms with Gasteiger partial charge in [0, 0.05) is 19.0 Å². The highest BCUT2D eigenvalue weighted by Gasteiger charge is 2.07. The summed E-state index contributed by atoms with van der Waals surface area (Å²) in [6.45, 7) is 7.60. The van der Waals surface area contributed by atoms with Crippen molar-refractivity contribution in [2.75, 3.05) is 23.9 Å². The van der Waals surface area contributed by atoms with Gasteiger partial charge in [-0.25, -0.2) is 0 Å². The molecule has 0 spiro atoms. The lowest BCUT2D eigenvalue weighted by Crippen LogP contribution is -2.26. The Morgan fingerprint density at radius 3 is 2.75 bits per heavy atom. The first-order valence-electron chi connectivity index (χ1n) is 5.47. The lowest BCUT2D eigenvalue weighted by molar-refractivity contribution is 0.231. The number of ether oxygens (including phenoxy) is 1. The number of halogens is 1. The second-order valence-electron chi connectivity index (χ2n) is 3.65. The van der Waals surface area contributed by atoms with Crippen LogP contribution < -0.4 is 9.64 Å². The SMILES string of the molecule is CCN(CCCl)c1cncc(OC(C)C)n1. The van der Waals surface area contributed by atoms with Gasteiger partial charge in [0.05, 0.1) is 18.5 Å². The maximum atomic E-state index is 5.73. The molecule has 0 bridgehead atoms. The van der Waals surface area contributed by atoms with Gasteiger partial charge in [-0.15, -0.1) is 11.6 Å². The standard InChI is InChI=1S/C11H18ClN3O/c1-4-15(6-5-12)10-7-13-8-11(14-10)16-9(2)3/h7-9H,4-6H2,1-3H3. The van der Waals surface area contributed by atoms with Gasteiger partial charge >= 0.3 is 0 Å². The number of alkyl halides is 1. The van der Waals surface area contributed by atoms with E-state index in [-0.39, 0.29) is 6.10 Å². The Balaban J connectivity index is 2.79. The minimum absolute atomic E-state index is 0.104. The third-order valence-electron chi connectivity index (χ3n) is 2.02. The second-order valence-corrected chi connectivity index (χ2v) is 4.03. The van der Waals surface area contributed by atoms with Gasteiger partial charge in [-0.05, 0) is 20.8 Å². The van der Waals surface area contributed by atoms with Crippen molar-refractivity contribution in [2.45, 2.75) is 26.9 Å². The molecule has 4 nitrogen and oxygen atoms in total. The van der Waals surface area contributed by atoms with E-state index >= 15 is 0 Å². The monoisotopic (exact) mass is 243 g/mol. The zero-order chi connectivity index (χ0) is 12.0. The molecule has 0 N–H and O–H groups in total. The average molecular weight is 244 g/mol. The van der Waals surface area contributed by atoms with E-state index in [1.165, 1.54) is 0 Å². The van der Waals surface area contributed by atoms with Gasteiger partial charge in [0.2, 0.25) is 5.88 Å². The summed E-state index contributed by atoms with van der Waals surface area (Å²) in [6.07, 6.45) is 3.45. The van der Waals surface area contributed by atoms with Crippen LogP contribution in [0.1, 0.15) is 20.8 Å². The maximum absolute atomic E-state index is 5.73. The Morgan fingerprint density at radius 2 is 2.19 bits per heavy atom. The summed E-state index contributed by atoms with van der Waals surface area (Å²) in [4.78, 5) is 10.6. The fourth-order valence-corrected chi connectivity index (χ4v) is 1.53. The molecule has 5 heteroatoms.